The van der Waals surface area contributed by atoms with Crippen LogP contribution in [0.3, 0.4) is 0 Å². The van der Waals surface area contributed by atoms with Gasteiger partial charge in [-0.2, -0.15) is 0 Å². The van der Waals surface area contributed by atoms with E-state index in [0.717, 1.165) is 28.1 Å². The maximum Gasteiger partial charge on any atom is 0.229 e. The second-order valence-electron chi connectivity index (χ2n) is 7.71. The largest absolute Gasteiger partial charge is 0.424 e. The molecule has 2 aromatic heterocycles. The third-order valence-corrected chi connectivity index (χ3v) is 6.12. The van der Waals surface area contributed by atoms with Gasteiger partial charge in [-0.15, -0.1) is 21.5 Å². The monoisotopic (exact) mass is 404 g/mol. The SMILES string of the molecule is CC1(NC(=O)Cc2nnc(Cc3nc4ccc(-c5ccccc5)cc4s3)o2)CC1. The molecule has 5 rings (SSSR count). The molecule has 146 valence electrons. The molecule has 7 heteroatoms. The molecule has 0 atom stereocenters. The highest BCUT2D eigenvalue weighted by Crippen LogP contribution is 2.34. The van der Waals surface area contributed by atoms with Crippen LogP contribution >= 0.6 is 11.3 Å². The predicted molar refractivity (Wildman–Crippen MR) is 112 cm³/mol. The van der Waals surface area contributed by atoms with Crippen LogP contribution in [-0.2, 0) is 17.6 Å². The Morgan fingerprint density at radius 2 is 1.90 bits per heavy atom. The van der Waals surface area contributed by atoms with E-state index in [1.165, 1.54) is 11.1 Å². The summed E-state index contributed by atoms with van der Waals surface area (Å²) in [6.07, 6.45) is 2.63. The second-order valence-corrected chi connectivity index (χ2v) is 8.82. The van der Waals surface area contributed by atoms with E-state index in [9.17, 15) is 4.79 Å². The number of rotatable bonds is 6. The quantitative estimate of drug-likeness (QED) is 0.522. The summed E-state index contributed by atoms with van der Waals surface area (Å²) in [4.78, 5) is 16.7. The fourth-order valence-electron chi connectivity index (χ4n) is 3.25. The minimum Gasteiger partial charge on any atom is -0.424 e. The zero-order valence-electron chi connectivity index (χ0n) is 16.0. The molecule has 0 aliphatic heterocycles. The molecule has 1 saturated carbocycles. The molecule has 1 aliphatic carbocycles. The number of carbonyl (C=O) groups is 1. The molecule has 0 unspecified atom stereocenters. The summed E-state index contributed by atoms with van der Waals surface area (Å²) < 4.78 is 6.79. The van der Waals surface area contributed by atoms with E-state index in [4.69, 9.17) is 4.42 Å². The lowest BCUT2D eigenvalue weighted by Gasteiger charge is -2.09. The van der Waals surface area contributed by atoms with Gasteiger partial charge in [0.05, 0.1) is 16.6 Å². The molecule has 0 saturated heterocycles. The molecule has 29 heavy (non-hydrogen) atoms. The maximum atomic E-state index is 12.1. The Bertz CT molecular complexity index is 1180. The average Bonchev–Trinajstić information content (AvgIpc) is 3.10. The van der Waals surface area contributed by atoms with Crippen molar-refractivity contribution in [2.24, 2.45) is 0 Å². The Morgan fingerprint density at radius 1 is 1.10 bits per heavy atom. The van der Waals surface area contributed by atoms with Crippen molar-refractivity contribution < 1.29 is 9.21 Å². The molecule has 1 fully saturated rings. The number of nitrogens with one attached hydrogen (secondary N) is 1. The number of nitrogens with zero attached hydrogens (tertiary/aromatic N) is 3. The van der Waals surface area contributed by atoms with E-state index in [0.29, 0.717) is 18.2 Å². The molecular formula is C22H20N4O2S. The topological polar surface area (TPSA) is 80.9 Å². The number of aromatic nitrogens is 3. The lowest BCUT2D eigenvalue weighted by molar-refractivity contribution is -0.121. The lowest BCUT2D eigenvalue weighted by Crippen LogP contribution is -2.35. The summed E-state index contributed by atoms with van der Waals surface area (Å²) in [5, 5.41) is 12.0. The van der Waals surface area contributed by atoms with Crippen LogP contribution in [-0.4, -0.2) is 26.6 Å². The van der Waals surface area contributed by atoms with Gasteiger partial charge in [-0.3, -0.25) is 4.79 Å². The van der Waals surface area contributed by atoms with Crippen molar-refractivity contribution in [3.63, 3.8) is 0 Å². The van der Waals surface area contributed by atoms with Crippen molar-refractivity contribution in [2.45, 2.75) is 38.1 Å². The summed E-state index contributed by atoms with van der Waals surface area (Å²) >= 11 is 1.62. The van der Waals surface area contributed by atoms with Crippen LogP contribution in [0, 0.1) is 0 Å². The molecule has 0 bridgehead atoms. The van der Waals surface area contributed by atoms with Crippen LogP contribution in [0.1, 0.15) is 36.6 Å². The van der Waals surface area contributed by atoms with Gasteiger partial charge in [0.15, 0.2) is 0 Å². The molecule has 4 aromatic rings. The molecule has 1 N–H and O–H groups in total. The first-order chi connectivity index (χ1) is 14.1. The first-order valence-electron chi connectivity index (χ1n) is 9.64. The Hall–Kier alpha value is -3.06. The van der Waals surface area contributed by atoms with E-state index >= 15 is 0 Å². The van der Waals surface area contributed by atoms with Crippen LogP contribution in [0.15, 0.2) is 52.9 Å². The maximum absolute atomic E-state index is 12.1. The van der Waals surface area contributed by atoms with E-state index in [2.05, 4.69) is 44.8 Å². The smallest absolute Gasteiger partial charge is 0.229 e. The number of fused-ring (bicyclic) bond motifs is 1. The summed E-state index contributed by atoms with van der Waals surface area (Å²) in [5.41, 5.74) is 3.27. The first-order valence-corrected chi connectivity index (χ1v) is 10.5. The molecule has 2 heterocycles. The summed E-state index contributed by atoms with van der Waals surface area (Å²) in [6, 6.07) is 16.6. The van der Waals surface area contributed by atoms with Gasteiger partial charge >= 0.3 is 0 Å². The summed E-state index contributed by atoms with van der Waals surface area (Å²) in [6.45, 7) is 2.04. The molecule has 1 aliphatic rings. The summed E-state index contributed by atoms with van der Waals surface area (Å²) in [5.74, 6) is 0.746. The zero-order valence-corrected chi connectivity index (χ0v) is 16.8. The van der Waals surface area contributed by atoms with Crippen molar-refractivity contribution in [2.75, 3.05) is 0 Å². The van der Waals surface area contributed by atoms with Gasteiger partial charge < -0.3 is 9.73 Å². The number of hydrogen-bond donors (Lipinski definition) is 1. The highest BCUT2D eigenvalue weighted by Gasteiger charge is 2.38. The van der Waals surface area contributed by atoms with Crippen LogP contribution in [0.5, 0.6) is 0 Å². The Balaban J connectivity index is 1.29. The number of carbonyl (C=O) groups excluding carboxylic acids is 1. The van der Waals surface area contributed by atoms with Crippen LogP contribution in [0.25, 0.3) is 21.3 Å². The van der Waals surface area contributed by atoms with E-state index in [1.807, 2.05) is 31.2 Å². The first kappa shape index (κ1) is 18.0. The molecular weight excluding hydrogens is 384 g/mol. The third kappa shape index (κ3) is 4.05. The lowest BCUT2D eigenvalue weighted by atomic mass is 10.1. The van der Waals surface area contributed by atoms with Crippen molar-refractivity contribution in [1.29, 1.82) is 0 Å². The number of thiazole rings is 1. The van der Waals surface area contributed by atoms with Crippen LogP contribution in [0.2, 0.25) is 0 Å². The highest BCUT2D eigenvalue weighted by molar-refractivity contribution is 7.18. The highest BCUT2D eigenvalue weighted by atomic mass is 32.1. The van der Waals surface area contributed by atoms with Gasteiger partial charge in [0.2, 0.25) is 17.7 Å². The Labute approximate surface area is 172 Å². The molecule has 6 nitrogen and oxygen atoms in total. The fourth-order valence-corrected chi connectivity index (χ4v) is 4.25. The Kier molecular flexibility index (Phi) is 4.39. The van der Waals surface area contributed by atoms with Crippen molar-refractivity contribution >= 4 is 27.5 Å². The van der Waals surface area contributed by atoms with E-state index in [-0.39, 0.29) is 17.9 Å². The number of hydrogen-bond acceptors (Lipinski definition) is 6. The number of benzene rings is 2. The summed E-state index contributed by atoms with van der Waals surface area (Å²) in [7, 11) is 0. The van der Waals surface area contributed by atoms with Crippen LogP contribution in [0.4, 0.5) is 0 Å². The predicted octanol–water partition coefficient (Wildman–Crippen LogP) is 4.15. The molecule has 2 aromatic carbocycles. The molecule has 0 radical (unpaired) electrons. The van der Waals surface area contributed by atoms with Crippen molar-refractivity contribution in [3.8, 4) is 11.1 Å². The average molecular weight is 404 g/mol. The van der Waals surface area contributed by atoms with Crippen molar-refractivity contribution in [3.05, 3.63) is 65.3 Å². The fraction of sp³-hybridized carbons (Fsp3) is 0.273. The zero-order chi connectivity index (χ0) is 19.8. The van der Waals surface area contributed by atoms with Gasteiger partial charge in [0.1, 0.15) is 11.4 Å². The Morgan fingerprint density at radius 3 is 2.69 bits per heavy atom. The van der Waals surface area contributed by atoms with Crippen LogP contribution < -0.4 is 5.32 Å². The number of amides is 1. The van der Waals surface area contributed by atoms with Crippen molar-refractivity contribution in [1.82, 2.24) is 20.5 Å². The van der Waals surface area contributed by atoms with E-state index < -0.39 is 0 Å². The minimum absolute atomic E-state index is 0.0421. The molecule has 1 amide bonds. The standard InChI is InChI=1S/C22H20N4O2S/c1-22(9-10-22)24-18(27)12-19-25-26-20(28-19)13-21-23-16-8-7-15(11-17(16)29-21)14-5-3-2-4-6-14/h2-8,11H,9-10,12-13H2,1H3,(H,24,27). The molecule has 0 spiro atoms. The van der Waals surface area contributed by atoms with Gasteiger partial charge in [0, 0.05) is 5.54 Å². The van der Waals surface area contributed by atoms with Gasteiger partial charge in [-0.25, -0.2) is 4.98 Å². The minimum atomic E-state index is -0.0753. The van der Waals surface area contributed by atoms with Gasteiger partial charge in [-0.1, -0.05) is 36.4 Å². The van der Waals surface area contributed by atoms with Gasteiger partial charge in [-0.05, 0) is 43.0 Å². The normalized spacial score (nSPS) is 14.8. The second kappa shape index (κ2) is 7.08. The van der Waals surface area contributed by atoms with Gasteiger partial charge in [0.25, 0.3) is 0 Å². The third-order valence-electron chi connectivity index (χ3n) is 5.10. The van der Waals surface area contributed by atoms with E-state index in [1.54, 1.807) is 11.3 Å².